The number of anilines is 1. The molecule has 1 unspecified atom stereocenters. The van der Waals surface area contributed by atoms with Crippen LogP contribution in [0.5, 0.6) is 0 Å². The van der Waals surface area contributed by atoms with Crippen LogP contribution in [0.25, 0.3) is 0 Å². The molecule has 1 atom stereocenters. The van der Waals surface area contributed by atoms with Crippen molar-refractivity contribution in [1.82, 2.24) is 9.78 Å². The zero-order valence-corrected chi connectivity index (χ0v) is 12.4. The summed E-state index contributed by atoms with van der Waals surface area (Å²) in [6.45, 7) is 6.38. The number of hydrogen-bond donors (Lipinski definition) is 1. The van der Waals surface area contributed by atoms with Crippen molar-refractivity contribution in [1.29, 1.82) is 0 Å². The van der Waals surface area contributed by atoms with Crippen molar-refractivity contribution in [3.63, 3.8) is 0 Å². The Hall–Kier alpha value is -1.77. The van der Waals surface area contributed by atoms with Gasteiger partial charge < -0.3 is 5.32 Å². The van der Waals surface area contributed by atoms with Gasteiger partial charge in [0.15, 0.2) is 0 Å². The van der Waals surface area contributed by atoms with Crippen LogP contribution in [-0.2, 0) is 19.4 Å². The van der Waals surface area contributed by atoms with Gasteiger partial charge in [0.2, 0.25) is 0 Å². The zero-order chi connectivity index (χ0) is 13.9. The summed E-state index contributed by atoms with van der Waals surface area (Å²) in [5.74, 6) is 0.610. The lowest BCUT2D eigenvalue weighted by Gasteiger charge is -2.26. The van der Waals surface area contributed by atoms with E-state index >= 15 is 0 Å². The van der Waals surface area contributed by atoms with Crippen LogP contribution in [0.2, 0.25) is 0 Å². The lowest BCUT2D eigenvalue weighted by molar-refractivity contribution is 0.558. The second kappa shape index (κ2) is 5.70. The van der Waals surface area contributed by atoms with E-state index in [2.05, 4.69) is 59.3 Å². The molecule has 2 heterocycles. The van der Waals surface area contributed by atoms with E-state index in [9.17, 15) is 0 Å². The molecular formula is C17H23N3. The third kappa shape index (κ3) is 2.45. The summed E-state index contributed by atoms with van der Waals surface area (Å²) in [6.07, 6.45) is 3.32. The average molecular weight is 269 g/mol. The van der Waals surface area contributed by atoms with Gasteiger partial charge in [0, 0.05) is 24.5 Å². The van der Waals surface area contributed by atoms with E-state index in [0.717, 1.165) is 25.9 Å². The number of aromatic nitrogens is 2. The van der Waals surface area contributed by atoms with Gasteiger partial charge in [-0.1, -0.05) is 25.1 Å². The second-order valence-electron chi connectivity index (χ2n) is 5.50. The first-order chi connectivity index (χ1) is 9.81. The molecule has 3 rings (SSSR count). The Kier molecular flexibility index (Phi) is 3.77. The summed E-state index contributed by atoms with van der Waals surface area (Å²) in [4.78, 5) is 0. The first-order valence-electron chi connectivity index (χ1n) is 7.70. The predicted octanol–water partition coefficient (Wildman–Crippen LogP) is 3.61. The smallest absolute Gasteiger partial charge is 0.0624 e. The van der Waals surface area contributed by atoms with Gasteiger partial charge in [0.1, 0.15) is 0 Å². The van der Waals surface area contributed by atoms with Crippen LogP contribution in [0.1, 0.15) is 43.1 Å². The van der Waals surface area contributed by atoms with Gasteiger partial charge in [-0.15, -0.1) is 0 Å². The van der Waals surface area contributed by atoms with E-state index < -0.39 is 0 Å². The summed E-state index contributed by atoms with van der Waals surface area (Å²) in [5, 5.41) is 8.17. The summed E-state index contributed by atoms with van der Waals surface area (Å²) >= 11 is 0. The van der Waals surface area contributed by atoms with E-state index in [4.69, 9.17) is 0 Å². The van der Waals surface area contributed by atoms with Crippen LogP contribution in [-0.4, -0.2) is 16.3 Å². The molecule has 0 saturated heterocycles. The van der Waals surface area contributed by atoms with E-state index in [1.54, 1.807) is 0 Å². The number of aryl methyl sites for hydroxylation is 2. The number of benzene rings is 1. The standard InChI is InChI=1S/C17H23N3/c1-3-14-12-15(20(4-2)19-14)11-13-9-10-18-17-8-6-5-7-16(13)17/h5-8,12-13,18H,3-4,9-11H2,1-2H3. The van der Waals surface area contributed by atoms with Gasteiger partial charge in [-0.2, -0.15) is 5.10 Å². The molecule has 0 saturated carbocycles. The van der Waals surface area contributed by atoms with E-state index in [-0.39, 0.29) is 0 Å². The number of nitrogens with zero attached hydrogens (tertiary/aromatic N) is 2. The molecule has 0 bridgehead atoms. The van der Waals surface area contributed by atoms with Crippen molar-refractivity contribution in [2.24, 2.45) is 0 Å². The maximum atomic E-state index is 4.67. The number of para-hydroxylation sites is 1. The fourth-order valence-electron chi connectivity index (χ4n) is 3.14. The Bertz CT molecular complexity index is 586. The molecule has 0 fully saturated rings. The minimum atomic E-state index is 0.610. The molecule has 0 amide bonds. The third-order valence-corrected chi connectivity index (χ3v) is 4.24. The number of fused-ring (bicyclic) bond motifs is 1. The van der Waals surface area contributed by atoms with Gasteiger partial charge in [-0.05, 0) is 49.8 Å². The highest BCUT2D eigenvalue weighted by atomic mass is 15.3. The topological polar surface area (TPSA) is 29.9 Å². The van der Waals surface area contributed by atoms with Gasteiger partial charge in [-0.25, -0.2) is 0 Å². The first kappa shape index (κ1) is 13.2. The van der Waals surface area contributed by atoms with Crippen molar-refractivity contribution in [3.05, 3.63) is 47.3 Å². The lowest BCUT2D eigenvalue weighted by Crippen LogP contribution is -2.19. The Morgan fingerprint density at radius 2 is 2.15 bits per heavy atom. The van der Waals surface area contributed by atoms with Gasteiger partial charge in [0.05, 0.1) is 5.69 Å². The quantitative estimate of drug-likeness (QED) is 0.919. The number of hydrogen-bond acceptors (Lipinski definition) is 2. The highest BCUT2D eigenvalue weighted by molar-refractivity contribution is 5.54. The second-order valence-corrected chi connectivity index (χ2v) is 5.50. The summed E-state index contributed by atoms with van der Waals surface area (Å²) in [5.41, 5.74) is 5.36. The zero-order valence-electron chi connectivity index (χ0n) is 12.4. The van der Waals surface area contributed by atoms with Crippen LogP contribution in [0.4, 0.5) is 5.69 Å². The Morgan fingerprint density at radius 1 is 1.30 bits per heavy atom. The molecule has 20 heavy (non-hydrogen) atoms. The van der Waals surface area contributed by atoms with Gasteiger partial charge in [-0.3, -0.25) is 4.68 Å². The normalized spacial score (nSPS) is 17.6. The summed E-state index contributed by atoms with van der Waals surface area (Å²) in [7, 11) is 0. The maximum absolute atomic E-state index is 4.67. The van der Waals surface area contributed by atoms with Crippen LogP contribution >= 0.6 is 0 Å². The third-order valence-electron chi connectivity index (χ3n) is 4.24. The van der Waals surface area contributed by atoms with Crippen molar-refractivity contribution >= 4 is 5.69 Å². The minimum Gasteiger partial charge on any atom is -0.385 e. The monoisotopic (exact) mass is 269 g/mol. The molecule has 1 aliphatic heterocycles. The van der Waals surface area contributed by atoms with E-state index in [1.165, 1.54) is 29.1 Å². The molecule has 1 aliphatic rings. The van der Waals surface area contributed by atoms with Crippen LogP contribution in [0.15, 0.2) is 30.3 Å². The SMILES string of the molecule is CCc1cc(CC2CCNc3ccccc32)n(CC)n1. The molecule has 0 spiro atoms. The van der Waals surface area contributed by atoms with Crippen LogP contribution in [0.3, 0.4) is 0 Å². The molecule has 2 aromatic rings. The molecular weight excluding hydrogens is 246 g/mol. The fourth-order valence-corrected chi connectivity index (χ4v) is 3.14. The fraction of sp³-hybridized carbons (Fsp3) is 0.471. The van der Waals surface area contributed by atoms with Gasteiger partial charge >= 0.3 is 0 Å². The molecule has 3 nitrogen and oxygen atoms in total. The van der Waals surface area contributed by atoms with E-state index in [1.807, 2.05) is 0 Å². The van der Waals surface area contributed by atoms with E-state index in [0.29, 0.717) is 5.92 Å². The predicted molar refractivity (Wildman–Crippen MR) is 83.3 cm³/mol. The van der Waals surface area contributed by atoms with Crippen molar-refractivity contribution in [2.45, 2.75) is 45.6 Å². The molecule has 1 aromatic carbocycles. The average Bonchev–Trinajstić information content (AvgIpc) is 2.90. The summed E-state index contributed by atoms with van der Waals surface area (Å²) in [6, 6.07) is 11.0. The molecule has 106 valence electrons. The van der Waals surface area contributed by atoms with Crippen LogP contribution < -0.4 is 5.32 Å². The molecule has 1 N–H and O–H groups in total. The maximum Gasteiger partial charge on any atom is 0.0624 e. The Morgan fingerprint density at radius 3 is 2.95 bits per heavy atom. The van der Waals surface area contributed by atoms with Crippen LogP contribution in [0, 0.1) is 0 Å². The minimum absolute atomic E-state index is 0.610. The van der Waals surface area contributed by atoms with Crippen molar-refractivity contribution < 1.29 is 0 Å². The molecule has 1 aromatic heterocycles. The number of rotatable bonds is 4. The highest BCUT2D eigenvalue weighted by Crippen LogP contribution is 2.33. The largest absolute Gasteiger partial charge is 0.385 e. The van der Waals surface area contributed by atoms with Crippen molar-refractivity contribution in [2.75, 3.05) is 11.9 Å². The molecule has 3 heteroatoms. The summed E-state index contributed by atoms with van der Waals surface area (Å²) < 4.78 is 2.17. The number of nitrogens with one attached hydrogen (secondary N) is 1. The molecule has 0 radical (unpaired) electrons. The lowest BCUT2D eigenvalue weighted by atomic mass is 9.87. The van der Waals surface area contributed by atoms with Crippen molar-refractivity contribution in [3.8, 4) is 0 Å². The highest BCUT2D eigenvalue weighted by Gasteiger charge is 2.21. The van der Waals surface area contributed by atoms with Gasteiger partial charge in [0.25, 0.3) is 0 Å². The Balaban J connectivity index is 1.87. The Labute approximate surface area is 121 Å². The molecule has 0 aliphatic carbocycles. The first-order valence-corrected chi connectivity index (χ1v) is 7.70.